The highest BCUT2D eigenvalue weighted by Gasteiger charge is 2.32. The molecule has 0 saturated carbocycles. The Bertz CT molecular complexity index is 1200. The van der Waals surface area contributed by atoms with Gasteiger partial charge in [0.1, 0.15) is 5.60 Å². The third-order valence-electron chi connectivity index (χ3n) is 6.35. The Kier molecular flexibility index (Phi) is 6.96. The number of carbonyl (C=O) groups excluding carboxylic acids is 2. The molecule has 1 saturated heterocycles. The van der Waals surface area contributed by atoms with E-state index in [-0.39, 0.29) is 17.9 Å². The summed E-state index contributed by atoms with van der Waals surface area (Å²) in [7, 11) is 0. The number of amides is 2. The number of hydrogen-bond donors (Lipinski definition) is 1. The van der Waals surface area contributed by atoms with Gasteiger partial charge in [0.05, 0.1) is 23.1 Å². The number of para-hydroxylation sites is 1. The number of nitrogens with one attached hydrogen (secondary N) is 1. The molecule has 4 rings (SSSR count). The van der Waals surface area contributed by atoms with E-state index < -0.39 is 5.60 Å². The van der Waals surface area contributed by atoms with Crippen LogP contribution in [0.4, 0.5) is 10.5 Å². The molecule has 7 nitrogen and oxygen atoms in total. The third-order valence-corrected chi connectivity index (χ3v) is 6.35. The number of anilines is 1. The first kappa shape index (κ1) is 24.5. The summed E-state index contributed by atoms with van der Waals surface area (Å²) in [6.07, 6.45) is 2.81. The fourth-order valence-corrected chi connectivity index (χ4v) is 4.38. The van der Waals surface area contributed by atoms with Crippen LogP contribution in [0.25, 0.3) is 5.69 Å². The standard InChI is InChI=1S/C28H34N4O3/c1-19-11-12-22(17-20(19)2)30-26(33)24-18-29-32(23-9-7-6-8-10-23)25(24)21-13-15-31(16-14-21)27(34)35-28(3,4)5/h6-12,17-18,21H,13-16H2,1-5H3,(H,30,33). The van der Waals surface area contributed by atoms with Crippen LogP contribution >= 0.6 is 0 Å². The summed E-state index contributed by atoms with van der Waals surface area (Å²) < 4.78 is 7.41. The van der Waals surface area contributed by atoms with Gasteiger partial charge in [-0.3, -0.25) is 4.79 Å². The lowest BCUT2D eigenvalue weighted by Gasteiger charge is -2.34. The van der Waals surface area contributed by atoms with Gasteiger partial charge >= 0.3 is 6.09 Å². The van der Waals surface area contributed by atoms with Gasteiger partial charge in [0.2, 0.25) is 0 Å². The van der Waals surface area contributed by atoms with Crippen LogP contribution in [0.2, 0.25) is 0 Å². The Morgan fingerprint density at radius 1 is 1.00 bits per heavy atom. The number of benzene rings is 2. The van der Waals surface area contributed by atoms with Crippen molar-refractivity contribution in [1.29, 1.82) is 0 Å². The summed E-state index contributed by atoms with van der Waals surface area (Å²) in [5, 5.41) is 7.66. The SMILES string of the molecule is Cc1ccc(NC(=O)c2cnn(-c3ccccc3)c2C2CCN(C(=O)OC(C)(C)C)CC2)cc1C. The Hall–Kier alpha value is -3.61. The van der Waals surface area contributed by atoms with Crippen molar-refractivity contribution in [1.82, 2.24) is 14.7 Å². The molecular weight excluding hydrogens is 440 g/mol. The molecule has 1 aliphatic heterocycles. The second-order valence-electron chi connectivity index (χ2n) is 10.2. The van der Waals surface area contributed by atoms with Gasteiger partial charge in [0.25, 0.3) is 5.91 Å². The maximum atomic E-state index is 13.4. The maximum Gasteiger partial charge on any atom is 0.410 e. The number of aromatic nitrogens is 2. The van der Waals surface area contributed by atoms with Crippen molar-refractivity contribution in [3.8, 4) is 5.69 Å². The fraction of sp³-hybridized carbons (Fsp3) is 0.393. The van der Waals surface area contributed by atoms with Gasteiger partial charge in [-0.2, -0.15) is 5.10 Å². The smallest absolute Gasteiger partial charge is 0.410 e. The normalized spacial score (nSPS) is 14.6. The molecule has 1 N–H and O–H groups in total. The molecule has 2 amide bonds. The maximum absolute atomic E-state index is 13.4. The molecule has 1 fully saturated rings. The Morgan fingerprint density at radius 2 is 1.69 bits per heavy atom. The number of rotatable bonds is 4. The van der Waals surface area contributed by atoms with Crippen LogP contribution in [0.15, 0.2) is 54.7 Å². The van der Waals surface area contributed by atoms with Crippen LogP contribution in [0.5, 0.6) is 0 Å². The molecule has 35 heavy (non-hydrogen) atoms. The van der Waals surface area contributed by atoms with Crippen LogP contribution in [0.1, 0.15) is 66.7 Å². The lowest BCUT2D eigenvalue weighted by molar-refractivity contribution is 0.0203. The van der Waals surface area contributed by atoms with Crippen LogP contribution in [-0.2, 0) is 4.74 Å². The number of likely N-dealkylation sites (tertiary alicyclic amines) is 1. The second kappa shape index (κ2) is 9.94. The molecule has 0 unspecified atom stereocenters. The van der Waals surface area contributed by atoms with Crippen LogP contribution in [-0.4, -0.2) is 45.4 Å². The molecule has 184 valence electrons. The summed E-state index contributed by atoms with van der Waals surface area (Å²) >= 11 is 0. The highest BCUT2D eigenvalue weighted by molar-refractivity contribution is 6.05. The molecule has 1 aliphatic rings. The summed E-state index contributed by atoms with van der Waals surface area (Å²) in [4.78, 5) is 27.7. The van der Waals surface area contributed by atoms with E-state index in [1.165, 1.54) is 5.56 Å². The van der Waals surface area contributed by atoms with Gasteiger partial charge in [0, 0.05) is 24.7 Å². The zero-order valence-corrected chi connectivity index (χ0v) is 21.2. The minimum Gasteiger partial charge on any atom is -0.444 e. The molecule has 2 aromatic carbocycles. The van der Waals surface area contributed by atoms with Crippen molar-refractivity contribution in [2.45, 2.75) is 59.0 Å². The average Bonchev–Trinajstić information content (AvgIpc) is 3.26. The number of nitrogens with zero attached hydrogens (tertiary/aromatic N) is 3. The monoisotopic (exact) mass is 474 g/mol. The number of hydrogen-bond acceptors (Lipinski definition) is 4. The molecule has 1 aromatic heterocycles. The van der Waals surface area contributed by atoms with Crippen molar-refractivity contribution < 1.29 is 14.3 Å². The zero-order valence-electron chi connectivity index (χ0n) is 21.2. The topological polar surface area (TPSA) is 76.5 Å². The summed E-state index contributed by atoms with van der Waals surface area (Å²) in [5.41, 5.74) is 4.87. The minimum atomic E-state index is -0.528. The highest BCUT2D eigenvalue weighted by Crippen LogP contribution is 2.33. The first-order valence-corrected chi connectivity index (χ1v) is 12.1. The molecule has 3 aromatic rings. The summed E-state index contributed by atoms with van der Waals surface area (Å²) in [6.45, 7) is 10.8. The van der Waals surface area contributed by atoms with E-state index in [2.05, 4.69) is 10.4 Å². The van der Waals surface area contributed by atoms with Crippen LogP contribution in [0, 0.1) is 13.8 Å². The van der Waals surface area contributed by atoms with Crippen molar-refractivity contribution >= 4 is 17.7 Å². The number of piperidine rings is 1. The molecule has 0 atom stereocenters. The minimum absolute atomic E-state index is 0.0805. The van der Waals surface area contributed by atoms with Crippen molar-refractivity contribution in [3.63, 3.8) is 0 Å². The zero-order chi connectivity index (χ0) is 25.2. The Balaban J connectivity index is 1.60. The van der Waals surface area contributed by atoms with E-state index in [1.807, 2.05) is 87.8 Å². The fourth-order valence-electron chi connectivity index (χ4n) is 4.38. The van der Waals surface area contributed by atoms with E-state index >= 15 is 0 Å². The first-order chi connectivity index (χ1) is 16.6. The van der Waals surface area contributed by atoms with E-state index in [0.717, 1.165) is 35.5 Å². The van der Waals surface area contributed by atoms with E-state index in [4.69, 9.17) is 4.74 Å². The van der Waals surface area contributed by atoms with Crippen LogP contribution < -0.4 is 5.32 Å². The highest BCUT2D eigenvalue weighted by atomic mass is 16.6. The molecule has 2 heterocycles. The predicted octanol–water partition coefficient (Wildman–Crippen LogP) is 5.86. The van der Waals surface area contributed by atoms with Crippen LogP contribution in [0.3, 0.4) is 0 Å². The lowest BCUT2D eigenvalue weighted by atomic mass is 9.90. The summed E-state index contributed by atoms with van der Waals surface area (Å²) in [5.74, 6) is -0.100. The molecule has 0 aliphatic carbocycles. The average molecular weight is 475 g/mol. The largest absolute Gasteiger partial charge is 0.444 e. The Morgan fingerprint density at radius 3 is 2.31 bits per heavy atom. The molecule has 0 spiro atoms. The van der Waals surface area contributed by atoms with Crippen molar-refractivity contribution in [3.05, 3.63) is 77.1 Å². The first-order valence-electron chi connectivity index (χ1n) is 12.1. The number of carbonyl (C=O) groups is 2. The van der Waals surface area contributed by atoms with Crippen molar-refractivity contribution in [2.75, 3.05) is 18.4 Å². The molecule has 7 heteroatoms. The van der Waals surface area contributed by atoms with E-state index in [9.17, 15) is 9.59 Å². The van der Waals surface area contributed by atoms with E-state index in [0.29, 0.717) is 18.7 Å². The van der Waals surface area contributed by atoms with Crippen molar-refractivity contribution in [2.24, 2.45) is 0 Å². The number of aryl methyl sites for hydroxylation is 2. The third kappa shape index (κ3) is 5.73. The quantitative estimate of drug-likeness (QED) is 0.514. The van der Waals surface area contributed by atoms with E-state index in [1.54, 1.807) is 11.1 Å². The predicted molar refractivity (Wildman–Crippen MR) is 137 cm³/mol. The lowest BCUT2D eigenvalue weighted by Crippen LogP contribution is -2.41. The molecular formula is C28H34N4O3. The number of ether oxygens (including phenoxy) is 1. The van der Waals surface area contributed by atoms with Gasteiger partial charge < -0.3 is 15.0 Å². The Labute approximate surface area is 207 Å². The van der Waals surface area contributed by atoms with Gasteiger partial charge in [-0.1, -0.05) is 24.3 Å². The summed E-state index contributed by atoms with van der Waals surface area (Å²) in [6, 6.07) is 15.7. The van der Waals surface area contributed by atoms with Gasteiger partial charge in [-0.25, -0.2) is 9.48 Å². The second-order valence-corrected chi connectivity index (χ2v) is 10.2. The van der Waals surface area contributed by atoms with Gasteiger partial charge in [-0.05, 0) is 82.9 Å². The molecule has 0 radical (unpaired) electrons. The molecule has 0 bridgehead atoms. The van der Waals surface area contributed by atoms with Gasteiger partial charge in [-0.15, -0.1) is 0 Å². The van der Waals surface area contributed by atoms with Gasteiger partial charge in [0.15, 0.2) is 0 Å².